The zero-order chi connectivity index (χ0) is 17.3. The van der Waals surface area contributed by atoms with Gasteiger partial charge >= 0.3 is 0 Å². The first kappa shape index (κ1) is 18.0. The lowest BCUT2D eigenvalue weighted by molar-refractivity contribution is 0.414. The summed E-state index contributed by atoms with van der Waals surface area (Å²) in [6.07, 6.45) is 0.575. The molecular formula is C13H21N3O5S2. The topological polar surface area (TPSA) is 119 Å². The Morgan fingerprint density at radius 2 is 2.04 bits per heavy atom. The molecule has 1 aliphatic rings. The number of nitrogens with one attached hydrogen (secondary N) is 1. The van der Waals surface area contributed by atoms with Crippen molar-refractivity contribution < 1.29 is 21.6 Å². The van der Waals surface area contributed by atoms with Gasteiger partial charge in [-0.25, -0.2) is 16.8 Å². The van der Waals surface area contributed by atoms with Gasteiger partial charge in [-0.3, -0.25) is 4.72 Å². The first-order chi connectivity index (χ1) is 10.7. The fourth-order valence-electron chi connectivity index (χ4n) is 2.29. The van der Waals surface area contributed by atoms with Crippen LogP contribution in [-0.2, 0) is 20.0 Å². The van der Waals surface area contributed by atoms with Crippen LogP contribution in [0.3, 0.4) is 0 Å². The van der Waals surface area contributed by atoms with Crippen molar-refractivity contribution in [2.24, 2.45) is 5.73 Å². The van der Waals surface area contributed by atoms with Crippen LogP contribution in [-0.4, -0.2) is 53.1 Å². The molecule has 1 atom stereocenters. The standard InChI is InChI=1S/C13H21N3O5S2/c1-3-22(17,18)15-12-8-11(21-2)4-5-13(12)23(19,20)16-7-6-10(14)9-16/h4-5,8,10,15H,3,6-7,9,14H2,1-2H3/t10-/m1/s1. The summed E-state index contributed by atoms with van der Waals surface area (Å²) in [7, 11) is -6.05. The average Bonchev–Trinajstić information content (AvgIpc) is 2.94. The van der Waals surface area contributed by atoms with Crippen molar-refractivity contribution in [3.05, 3.63) is 18.2 Å². The molecule has 0 saturated carbocycles. The van der Waals surface area contributed by atoms with Crippen LogP contribution < -0.4 is 15.2 Å². The maximum Gasteiger partial charge on any atom is 0.245 e. The van der Waals surface area contributed by atoms with Gasteiger partial charge < -0.3 is 10.5 Å². The highest BCUT2D eigenvalue weighted by molar-refractivity contribution is 7.93. The molecule has 8 nitrogen and oxygen atoms in total. The van der Waals surface area contributed by atoms with Crippen molar-refractivity contribution in [1.82, 2.24) is 4.31 Å². The number of rotatable bonds is 6. The second-order valence-electron chi connectivity index (χ2n) is 5.28. The molecule has 1 heterocycles. The number of nitrogens with two attached hydrogens (primary N) is 1. The summed E-state index contributed by atoms with van der Waals surface area (Å²) in [5, 5.41) is 0. The summed E-state index contributed by atoms with van der Waals surface area (Å²) in [4.78, 5) is -0.107. The van der Waals surface area contributed by atoms with Gasteiger partial charge in [-0.05, 0) is 25.5 Å². The molecule has 0 unspecified atom stereocenters. The van der Waals surface area contributed by atoms with Gasteiger partial charge in [0.15, 0.2) is 0 Å². The van der Waals surface area contributed by atoms with Crippen molar-refractivity contribution in [3.63, 3.8) is 0 Å². The summed E-state index contributed by atoms with van der Waals surface area (Å²) >= 11 is 0. The van der Waals surface area contributed by atoms with Gasteiger partial charge in [0.25, 0.3) is 0 Å². The Kier molecular flexibility index (Phi) is 5.19. The van der Waals surface area contributed by atoms with Crippen LogP contribution in [0.4, 0.5) is 5.69 Å². The second kappa shape index (κ2) is 6.63. The second-order valence-corrected chi connectivity index (χ2v) is 9.20. The number of hydrogen-bond acceptors (Lipinski definition) is 6. The molecule has 1 aliphatic heterocycles. The highest BCUT2D eigenvalue weighted by Gasteiger charge is 2.33. The van der Waals surface area contributed by atoms with E-state index in [4.69, 9.17) is 10.5 Å². The normalized spacial score (nSPS) is 19.7. The minimum absolute atomic E-state index is 0.0216. The molecule has 1 fully saturated rings. The molecule has 1 aromatic rings. The van der Waals surface area contributed by atoms with E-state index in [0.29, 0.717) is 18.7 Å². The van der Waals surface area contributed by atoms with E-state index >= 15 is 0 Å². The SMILES string of the molecule is CCS(=O)(=O)Nc1cc(OC)ccc1S(=O)(=O)N1CC[C@@H](N)C1. The van der Waals surface area contributed by atoms with Crippen LogP contribution in [0, 0.1) is 0 Å². The van der Waals surface area contributed by atoms with E-state index in [0.717, 1.165) is 0 Å². The predicted octanol–water partition coefficient (Wildman–Crippen LogP) is 0.179. The van der Waals surface area contributed by atoms with Crippen LogP contribution in [0.5, 0.6) is 5.75 Å². The lowest BCUT2D eigenvalue weighted by Gasteiger charge is -2.19. The molecule has 2 rings (SSSR count). The summed E-state index contributed by atoms with van der Waals surface area (Å²) < 4.78 is 57.8. The van der Waals surface area contributed by atoms with Crippen LogP contribution in [0.2, 0.25) is 0 Å². The molecule has 10 heteroatoms. The summed E-state index contributed by atoms with van der Waals surface area (Å²) in [5.41, 5.74) is 5.75. The van der Waals surface area contributed by atoms with Crippen molar-refractivity contribution in [2.45, 2.75) is 24.3 Å². The molecule has 0 bridgehead atoms. The van der Waals surface area contributed by atoms with Crippen molar-refractivity contribution in [2.75, 3.05) is 30.7 Å². The van der Waals surface area contributed by atoms with Crippen molar-refractivity contribution in [1.29, 1.82) is 0 Å². The Bertz CT molecular complexity index is 777. The van der Waals surface area contributed by atoms with E-state index in [-0.39, 0.29) is 28.9 Å². The van der Waals surface area contributed by atoms with E-state index in [9.17, 15) is 16.8 Å². The molecule has 0 amide bonds. The van der Waals surface area contributed by atoms with Gasteiger partial charge in [-0.2, -0.15) is 4.31 Å². The molecule has 130 valence electrons. The quantitative estimate of drug-likeness (QED) is 0.744. The van der Waals surface area contributed by atoms with Gasteiger partial charge in [0.05, 0.1) is 18.6 Å². The van der Waals surface area contributed by atoms with E-state index < -0.39 is 20.0 Å². The third-order valence-electron chi connectivity index (χ3n) is 3.64. The first-order valence-corrected chi connectivity index (χ1v) is 10.2. The van der Waals surface area contributed by atoms with Gasteiger partial charge in [-0.15, -0.1) is 0 Å². The summed E-state index contributed by atoms with van der Waals surface area (Å²) in [6, 6.07) is 3.97. The third-order valence-corrected chi connectivity index (χ3v) is 6.85. The Balaban J connectivity index is 2.49. The molecule has 0 aliphatic carbocycles. The van der Waals surface area contributed by atoms with E-state index in [1.807, 2.05) is 0 Å². The zero-order valence-electron chi connectivity index (χ0n) is 13.0. The molecule has 3 N–H and O–H groups in total. The highest BCUT2D eigenvalue weighted by atomic mass is 32.2. The van der Waals surface area contributed by atoms with Crippen molar-refractivity contribution in [3.8, 4) is 5.75 Å². The number of nitrogens with zero attached hydrogens (tertiary/aromatic N) is 1. The summed E-state index contributed by atoms with van der Waals surface area (Å²) in [5.74, 6) is 0.189. The molecule has 0 spiro atoms. The minimum atomic E-state index is -3.84. The maximum atomic E-state index is 12.8. The average molecular weight is 363 g/mol. The minimum Gasteiger partial charge on any atom is -0.497 e. The van der Waals surface area contributed by atoms with Crippen LogP contribution in [0.15, 0.2) is 23.1 Å². The van der Waals surface area contributed by atoms with Gasteiger partial charge in [0.1, 0.15) is 10.6 Å². The zero-order valence-corrected chi connectivity index (χ0v) is 14.7. The van der Waals surface area contributed by atoms with Crippen molar-refractivity contribution >= 4 is 25.7 Å². The molecular weight excluding hydrogens is 342 g/mol. The Hall–Kier alpha value is -1.36. The van der Waals surface area contributed by atoms with Gasteiger partial charge in [-0.1, -0.05) is 0 Å². The number of benzene rings is 1. The van der Waals surface area contributed by atoms with Gasteiger partial charge in [0, 0.05) is 25.2 Å². The largest absolute Gasteiger partial charge is 0.497 e. The Labute approximate surface area is 136 Å². The molecule has 1 aromatic carbocycles. The molecule has 0 aromatic heterocycles. The van der Waals surface area contributed by atoms with Crippen LogP contribution in [0.25, 0.3) is 0 Å². The highest BCUT2D eigenvalue weighted by Crippen LogP contribution is 2.31. The maximum absolute atomic E-state index is 12.8. The smallest absolute Gasteiger partial charge is 0.245 e. The Morgan fingerprint density at radius 1 is 1.35 bits per heavy atom. The van der Waals surface area contributed by atoms with Crippen LogP contribution in [0.1, 0.15) is 13.3 Å². The number of hydrogen-bond donors (Lipinski definition) is 2. The van der Waals surface area contributed by atoms with E-state index in [1.54, 1.807) is 0 Å². The third kappa shape index (κ3) is 3.94. The lowest BCUT2D eigenvalue weighted by Crippen LogP contribution is -2.32. The van der Waals surface area contributed by atoms with Gasteiger partial charge in [0.2, 0.25) is 20.0 Å². The van der Waals surface area contributed by atoms with Crippen LogP contribution >= 0.6 is 0 Å². The number of ether oxygens (including phenoxy) is 1. The Morgan fingerprint density at radius 3 is 2.57 bits per heavy atom. The summed E-state index contributed by atoms with van der Waals surface area (Å²) in [6.45, 7) is 2.00. The molecule has 1 saturated heterocycles. The fraction of sp³-hybridized carbons (Fsp3) is 0.538. The lowest BCUT2D eigenvalue weighted by atomic mass is 10.3. The number of methoxy groups -OCH3 is 1. The molecule has 0 radical (unpaired) electrons. The predicted molar refractivity (Wildman–Crippen MR) is 87.4 cm³/mol. The monoisotopic (exact) mass is 363 g/mol. The number of sulfonamides is 2. The molecule has 23 heavy (non-hydrogen) atoms. The first-order valence-electron chi connectivity index (χ1n) is 7.14. The fourth-order valence-corrected chi connectivity index (χ4v) is 4.64. The van der Waals surface area contributed by atoms with E-state index in [2.05, 4.69) is 4.72 Å². The number of anilines is 1. The van der Waals surface area contributed by atoms with E-state index in [1.165, 1.54) is 36.5 Å².